The Morgan fingerprint density at radius 2 is 0.655 bits per heavy atom. The predicted octanol–water partition coefficient (Wildman–Crippen LogP) is 10.4. The van der Waals surface area contributed by atoms with Gasteiger partial charge in [0.05, 0.1) is 48.1 Å². The van der Waals surface area contributed by atoms with Gasteiger partial charge in [-0.15, -0.1) is 0 Å². The number of carbonyl (C=O) groups is 2. The smallest absolute Gasteiger partial charge is 0.258 e. The molecule has 0 unspecified atom stereocenters. The zero-order valence-electron chi connectivity index (χ0n) is 34.1. The van der Waals surface area contributed by atoms with Crippen LogP contribution < -0.4 is 31.9 Å². The summed E-state index contributed by atoms with van der Waals surface area (Å²) in [5.41, 5.74) is 0. The van der Waals surface area contributed by atoms with Crippen LogP contribution in [0, 0.1) is 0 Å². The maximum absolute atomic E-state index is 14.0. The van der Waals surface area contributed by atoms with E-state index in [0.717, 1.165) is 44.7 Å². The normalized spacial score (nSPS) is 11.7. The van der Waals surface area contributed by atoms with E-state index in [9.17, 15) is 9.59 Å². The van der Waals surface area contributed by atoms with Gasteiger partial charge < -0.3 is 10.6 Å². The Kier molecular flexibility index (Phi) is 20.8. The Morgan fingerprint density at radius 1 is 0.382 bits per heavy atom. The molecule has 0 heterocycles. The summed E-state index contributed by atoms with van der Waals surface area (Å²) in [6.45, 7) is 5.98. The molecule has 0 atom stereocenters. The second-order valence-corrected chi connectivity index (χ2v) is 22.8. The van der Waals surface area contributed by atoms with Crippen molar-refractivity contribution in [3.8, 4) is 0 Å². The first-order valence-corrected chi connectivity index (χ1v) is 25.9. The molecule has 0 bridgehead atoms. The van der Waals surface area contributed by atoms with Crippen molar-refractivity contribution in [3.63, 3.8) is 0 Å². The molecule has 55 heavy (non-hydrogen) atoms. The topological polar surface area (TPSA) is 58.2 Å². The average molecular weight is 781 g/mol. The summed E-state index contributed by atoms with van der Waals surface area (Å²) >= 11 is 0. The fourth-order valence-electron chi connectivity index (χ4n) is 8.02. The van der Waals surface area contributed by atoms with Gasteiger partial charge in [-0.25, -0.2) is 0 Å². The van der Waals surface area contributed by atoms with Crippen molar-refractivity contribution in [3.05, 3.63) is 121 Å². The molecule has 0 aromatic heterocycles. The Balaban J connectivity index is 1.58. The van der Waals surface area contributed by atoms with Crippen molar-refractivity contribution < 1.29 is 9.59 Å². The van der Waals surface area contributed by atoms with Crippen molar-refractivity contribution in [2.24, 2.45) is 0 Å². The Hall–Kier alpha value is -3.32. The zero-order valence-corrected chi connectivity index (χ0v) is 35.9. The number of unbranched alkanes of at least 4 members (excludes halogenated alkanes) is 12. The summed E-state index contributed by atoms with van der Waals surface area (Å²) in [6, 6.07) is 43.3. The van der Waals surface area contributed by atoms with Gasteiger partial charge in [-0.2, -0.15) is 0 Å². The van der Waals surface area contributed by atoms with Crippen molar-refractivity contribution in [2.75, 3.05) is 37.7 Å². The van der Waals surface area contributed by atoms with E-state index in [4.69, 9.17) is 0 Å². The van der Waals surface area contributed by atoms with E-state index in [1.165, 1.54) is 98.3 Å². The highest BCUT2D eigenvalue weighted by Gasteiger charge is 2.48. The third kappa shape index (κ3) is 14.6. The van der Waals surface area contributed by atoms with Crippen molar-refractivity contribution in [2.45, 2.75) is 110 Å². The van der Waals surface area contributed by atoms with Gasteiger partial charge in [0.2, 0.25) is 0 Å². The maximum Gasteiger partial charge on any atom is 0.258 e. The SMILES string of the molecule is CCCCCCCCCNC(=O)C[P+](CCC[P+](CC(=O)NCCCCCCCCC)(c1ccccc1)c1ccccc1)(c1ccccc1)c1ccccc1. The lowest BCUT2D eigenvalue weighted by Crippen LogP contribution is -2.38. The summed E-state index contributed by atoms with van der Waals surface area (Å²) in [4.78, 5) is 28.0. The molecule has 4 aromatic rings. The van der Waals surface area contributed by atoms with Crippen molar-refractivity contribution in [1.29, 1.82) is 0 Å². The molecule has 0 spiro atoms. The molecule has 0 aliphatic heterocycles. The molecule has 0 saturated heterocycles. The molecule has 4 rings (SSSR count). The van der Waals surface area contributed by atoms with Crippen LogP contribution in [0.15, 0.2) is 121 Å². The third-order valence-corrected chi connectivity index (χ3v) is 20.1. The van der Waals surface area contributed by atoms with E-state index in [-0.39, 0.29) is 11.8 Å². The molecule has 0 radical (unpaired) electrons. The third-order valence-electron chi connectivity index (χ3n) is 11.1. The maximum atomic E-state index is 14.0. The highest BCUT2D eigenvalue weighted by molar-refractivity contribution is 7.91. The zero-order chi connectivity index (χ0) is 38.9. The largest absolute Gasteiger partial charge is 0.353 e. The van der Waals surface area contributed by atoms with Crippen LogP contribution in [0.4, 0.5) is 0 Å². The molecule has 2 N–H and O–H groups in total. The summed E-state index contributed by atoms with van der Waals surface area (Å²) in [5, 5.41) is 11.8. The summed E-state index contributed by atoms with van der Waals surface area (Å²) in [6.07, 6.45) is 21.0. The van der Waals surface area contributed by atoms with Crippen LogP contribution >= 0.6 is 14.5 Å². The minimum atomic E-state index is -2.17. The van der Waals surface area contributed by atoms with E-state index in [2.05, 4.69) is 146 Å². The highest BCUT2D eigenvalue weighted by Crippen LogP contribution is 2.61. The lowest BCUT2D eigenvalue weighted by atomic mass is 10.1. The molecular weight excluding hydrogens is 710 g/mol. The van der Waals surface area contributed by atoms with Gasteiger partial charge >= 0.3 is 0 Å². The van der Waals surface area contributed by atoms with E-state index in [1.807, 2.05) is 0 Å². The summed E-state index contributed by atoms with van der Waals surface area (Å²) in [7, 11) is -4.33. The van der Waals surface area contributed by atoms with Gasteiger partial charge in [-0.05, 0) is 61.4 Å². The van der Waals surface area contributed by atoms with Gasteiger partial charge in [0.1, 0.15) is 12.3 Å². The lowest BCUT2D eigenvalue weighted by molar-refractivity contribution is -0.119. The molecule has 0 saturated carbocycles. The van der Waals surface area contributed by atoms with Crippen LogP contribution in [0.25, 0.3) is 0 Å². The average Bonchev–Trinajstić information content (AvgIpc) is 3.23. The van der Waals surface area contributed by atoms with Crippen LogP contribution in [0.5, 0.6) is 0 Å². The standard InChI is InChI=1S/C49H68N2O2P2/c1-3-5-7-9-11-13-27-38-50-48(52)42-54(44-30-19-15-20-31-44,45-32-21-16-22-33-45)40-29-41-55(46-34-23-17-24-35-46,47-36-25-18-26-37-47)43-49(53)51-39-28-14-12-10-8-6-4-2/h15-26,30-37H,3-14,27-29,38-43H2,1-2H3/p+2. The van der Waals surface area contributed by atoms with Crippen LogP contribution in [-0.2, 0) is 9.59 Å². The van der Waals surface area contributed by atoms with E-state index in [0.29, 0.717) is 12.3 Å². The fraction of sp³-hybridized carbons (Fsp3) is 0.469. The van der Waals surface area contributed by atoms with Gasteiger partial charge in [0, 0.05) is 19.5 Å². The predicted molar refractivity (Wildman–Crippen MR) is 244 cm³/mol. The second kappa shape index (κ2) is 25.8. The van der Waals surface area contributed by atoms with Crippen LogP contribution in [0.3, 0.4) is 0 Å². The number of hydrogen-bond donors (Lipinski definition) is 2. The Bertz CT molecular complexity index is 1400. The van der Waals surface area contributed by atoms with Crippen LogP contribution in [0.2, 0.25) is 0 Å². The molecule has 4 aromatic carbocycles. The van der Waals surface area contributed by atoms with Gasteiger partial charge in [0.15, 0.2) is 0 Å². The number of amides is 2. The van der Waals surface area contributed by atoms with Crippen molar-refractivity contribution in [1.82, 2.24) is 10.6 Å². The summed E-state index contributed by atoms with van der Waals surface area (Å²) in [5.74, 6) is 0.313. The first kappa shape index (κ1) is 44.4. The van der Waals surface area contributed by atoms with Crippen LogP contribution in [0.1, 0.15) is 110 Å². The molecule has 6 heteroatoms. The molecule has 0 aliphatic rings. The first-order chi connectivity index (χ1) is 27.0. The first-order valence-electron chi connectivity index (χ1n) is 21.5. The van der Waals surface area contributed by atoms with Crippen LogP contribution in [-0.4, -0.2) is 49.6 Å². The quantitative estimate of drug-likeness (QED) is 0.0446. The van der Waals surface area contributed by atoms with Gasteiger partial charge in [-0.3, -0.25) is 9.59 Å². The fourth-order valence-corrected chi connectivity index (χ4v) is 16.5. The molecule has 296 valence electrons. The number of benzene rings is 4. The number of hydrogen-bond acceptors (Lipinski definition) is 2. The molecule has 0 fully saturated rings. The minimum absolute atomic E-state index is 0.156. The van der Waals surface area contributed by atoms with Gasteiger partial charge in [-0.1, -0.05) is 164 Å². The van der Waals surface area contributed by atoms with E-state index < -0.39 is 14.5 Å². The summed E-state index contributed by atoms with van der Waals surface area (Å²) < 4.78 is 0. The Morgan fingerprint density at radius 3 is 0.945 bits per heavy atom. The molecule has 4 nitrogen and oxygen atoms in total. The lowest BCUT2D eigenvalue weighted by Gasteiger charge is -2.30. The minimum Gasteiger partial charge on any atom is -0.353 e. The molecule has 2 amide bonds. The second-order valence-electron chi connectivity index (χ2n) is 15.3. The molecular formula is C49H70N2O2P2+2. The Labute approximate surface area is 335 Å². The monoisotopic (exact) mass is 780 g/mol. The number of carbonyl (C=O) groups excluding carboxylic acids is 2. The molecule has 0 aliphatic carbocycles. The highest BCUT2D eigenvalue weighted by atomic mass is 31.2. The van der Waals surface area contributed by atoms with E-state index >= 15 is 0 Å². The number of rotatable bonds is 28. The van der Waals surface area contributed by atoms with E-state index in [1.54, 1.807) is 0 Å². The number of nitrogens with one attached hydrogen (secondary N) is 2. The van der Waals surface area contributed by atoms with Gasteiger partial charge in [0.25, 0.3) is 11.8 Å². The van der Waals surface area contributed by atoms with Crippen molar-refractivity contribution >= 4 is 47.6 Å².